The molecule has 0 heterocycles. The molecule has 0 aliphatic rings. The Morgan fingerprint density at radius 3 is 1.72 bits per heavy atom. The zero-order valence-corrected chi connectivity index (χ0v) is 28.4. The van der Waals surface area contributed by atoms with Crippen LogP contribution in [0, 0.1) is 5.92 Å². The van der Waals surface area contributed by atoms with E-state index >= 15 is 0 Å². The fraction of sp³-hybridized carbons (Fsp3) is 0.415. The van der Waals surface area contributed by atoms with Crippen LogP contribution < -0.4 is 14.2 Å². The molecule has 0 amide bonds. The molecule has 0 bridgehead atoms. The Balaban J connectivity index is 1.67. The maximum Gasteiger partial charge on any atom is 0.127 e. The second-order valence-corrected chi connectivity index (χ2v) is 12.3. The van der Waals surface area contributed by atoms with Gasteiger partial charge in [0.2, 0.25) is 0 Å². The maximum atomic E-state index is 11.2. The number of hydrogen-bond donors (Lipinski definition) is 2. The molecule has 0 spiro atoms. The molecule has 0 saturated carbocycles. The molecular weight excluding hydrogens is 572 g/mol. The summed E-state index contributed by atoms with van der Waals surface area (Å²) in [5.41, 5.74) is 5.02. The van der Waals surface area contributed by atoms with Gasteiger partial charge in [0, 0.05) is 23.3 Å². The second kappa shape index (κ2) is 17.5. The highest BCUT2D eigenvalue weighted by Crippen LogP contribution is 2.41. The average Bonchev–Trinajstić information content (AvgIpc) is 3.08. The summed E-state index contributed by atoms with van der Waals surface area (Å²) in [7, 11) is 1.65. The van der Waals surface area contributed by atoms with Crippen molar-refractivity contribution < 1.29 is 24.4 Å². The molecule has 0 aliphatic carbocycles. The molecule has 0 saturated heterocycles. The summed E-state index contributed by atoms with van der Waals surface area (Å²) in [5, 5.41) is 22.5. The van der Waals surface area contributed by atoms with Crippen LogP contribution in [0.15, 0.2) is 78.9 Å². The third kappa shape index (κ3) is 9.45. The number of aromatic hydroxyl groups is 2. The molecular formula is C41H52O5. The molecule has 46 heavy (non-hydrogen) atoms. The molecule has 0 aliphatic heterocycles. The van der Waals surface area contributed by atoms with Crippen LogP contribution in [0.25, 0.3) is 33.4 Å². The molecule has 5 nitrogen and oxygen atoms in total. The molecule has 5 heteroatoms. The number of unbranched alkanes of at least 4 members (excludes halogenated alkanes) is 3. The minimum Gasteiger partial charge on any atom is -0.507 e. The number of ether oxygens (including phenoxy) is 3. The van der Waals surface area contributed by atoms with Crippen molar-refractivity contribution in [2.24, 2.45) is 5.92 Å². The van der Waals surface area contributed by atoms with Crippen molar-refractivity contribution >= 4 is 0 Å². The van der Waals surface area contributed by atoms with Gasteiger partial charge in [-0.15, -0.1) is 0 Å². The fourth-order valence-electron chi connectivity index (χ4n) is 5.84. The van der Waals surface area contributed by atoms with Crippen LogP contribution in [0.4, 0.5) is 0 Å². The van der Waals surface area contributed by atoms with Crippen molar-refractivity contribution in [3.05, 3.63) is 78.9 Å². The SMILES string of the molecule is CCCCCC(CC)Oc1ccc(-c2cc(-c3ccc(OC)cc3)cc(-c3ccc(OCC(CC)CCCC)cc3O)c2)c(O)c1. The van der Waals surface area contributed by atoms with Crippen LogP contribution in [0.5, 0.6) is 28.7 Å². The first kappa shape index (κ1) is 34.7. The van der Waals surface area contributed by atoms with E-state index in [1.807, 2.05) is 54.6 Å². The van der Waals surface area contributed by atoms with Crippen molar-refractivity contribution in [1.82, 2.24) is 0 Å². The lowest BCUT2D eigenvalue weighted by atomic mass is 9.92. The molecule has 4 rings (SSSR count). The van der Waals surface area contributed by atoms with E-state index in [9.17, 15) is 10.2 Å². The van der Waals surface area contributed by atoms with Crippen molar-refractivity contribution in [3.8, 4) is 62.1 Å². The minimum atomic E-state index is 0.126. The number of benzene rings is 4. The Kier molecular flexibility index (Phi) is 13.3. The quantitative estimate of drug-likeness (QED) is 0.108. The molecule has 0 fully saturated rings. The first-order valence-electron chi connectivity index (χ1n) is 17.1. The highest BCUT2D eigenvalue weighted by molar-refractivity contribution is 5.85. The van der Waals surface area contributed by atoms with E-state index in [0.29, 0.717) is 35.2 Å². The summed E-state index contributed by atoms with van der Waals surface area (Å²) < 4.78 is 17.7. The normalized spacial score (nSPS) is 12.5. The summed E-state index contributed by atoms with van der Waals surface area (Å²) in [6, 6.07) is 25.1. The van der Waals surface area contributed by atoms with Gasteiger partial charge in [0.1, 0.15) is 28.7 Å². The van der Waals surface area contributed by atoms with Gasteiger partial charge in [-0.3, -0.25) is 0 Å². The van der Waals surface area contributed by atoms with Crippen molar-refractivity contribution in [3.63, 3.8) is 0 Å². The summed E-state index contributed by atoms with van der Waals surface area (Å²) >= 11 is 0. The Morgan fingerprint density at radius 1 is 0.565 bits per heavy atom. The number of methoxy groups -OCH3 is 1. The van der Waals surface area contributed by atoms with E-state index in [-0.39, 0.29) is 17.6 Å². The van der Waals surface area contributed by atoms with Gasteiger partial charge in [0.25, 0.3) is 0 Å². The lowest BCUT2D eigenvalue weighted by Gasteiger charge is -2.19. The van der Waals surface area contributed by atoms with Gasteiger partial charge < -0.3 is 24.4 Å². The van der Waals surface area contributed by atoms with E-state index in [4.69, 9.17) is 14.2 Å². The van der Waals surface area contributed by atoms with Crippen molar-refractivity contribution in [2.75, 3.05) is 13.7 Å². The molecule has 0 radical (unpaired) electrons. The van der Waals surface area contributed by atoms with E-state index in [1.165, 1.54) is 25.7 Å². The van der Waals surface area contributed by atoms with Crippen LogP contribution >= 0.6 is 0 Å². The maximum absolute atomic E-state index is 11.2. The summed E-state index contributed by atoms with van der Waals surface area (Å²) in [4.78, 5) is 0. The molecule has 2 N–H and O–H groups in total. The number of phenolic OH excluding ortho intramolecular Hbond substituents is 2. The lowest BCUT2D eigenvalue weighted by molar-refractivity contribution is 0.182. The number of rotatable bonds is 18. The number of hydrogen-bond acceptors (Lipinski definition) is 5. The van der Waals surface area contributed by atoms with Crippen molar-refractivity contribution in [2.45, 2.75) is 91.6 Å². The van der Waals surface area contributed by atoms with Gasteiger partial charge in [-0.25, -0.2) is 0 Å². The van der Waals surface area contributed by atoms with E-state index in [0.717, 1.165) is 60.1 Å². The first-order chi connectivity index (χ1) is 22.4. The average molecular weight is 625 g/mol. The van der Waals surface area contributed by atoms with E-state index in [1.54, 1.807) is 19.2 Å². The molecule has 2 unspecified atom stereocenters. The monoisotopic (exact) mass is 624 g/mol. The van der Waals surface area contributed by atoms with E-state index in [2.05, 4.69) is 39.8 Å². The molecule has 4 aromatic carbocycles. The van der Waals surface area contributed by atoms with Gasteiger partial charge in [-0.05, 0) is 108 Å². The molecule has 246 valence electrons. The third-order valence-corrected chi connectivity index (χ3v) is 8.83. The highest BCUT2D eigenvalue weighted by atomic mass is 16.5. The lowest BCUT2D eigenvalue weighted by Crippen LogP contribution is -2.15. The molecule has 2 atom stereocenters. The van der Waals surface area contributed by atoms with Crippen LogP contribution in [0.2, 0.25) is 0 Å². The summed E-state index contributed by atoms with van der Waals surface area (Å²) in [6.07, 6.45) is 10.2. The number of phenols is 2. The summed E-state index contributed by atoms with van der Waals surface area (Å²) in [5.74, 6) is 2.92. The van der Waals surface area contributed by atoms with Crippen LogP contribution in [-0.2, 0) is 0 Å². The first-order valence-corrected chi connectivity index (χ1v) is 17.1. The fourth-order valence-corrected chi connectivity index (χ4v) is 5.84. The molecule has 4 aromatic rings. The smallest absolute Gasteiger partial charge is 0.127 e. The Hall–Kier alpha value is -4.12. The Morgan fingerprint density at radius 2 is 1.15 bits per heavy atom. The van der Waals surface area contributed by atoms with Crippen LogP contribution in [0.1, 0.15) is 85.5 Å². The Labute approximate surface area is 276 Å². The second-order valence-electron chi connectivity index (χ2n) is 12.3. The van der Waals surface area contributed by atoms with Gasteiger partial charge in [-0.1, -0.05) is 71.9 Å². The predicted molar refractivity (Wildman–Crippen MR) is 190 cm³/mol. The highest BCUT2D eigenvalue weighted by Gasteiger charge is 2.16. The third-order valence-electron chi connectivity index (χ3n) is 8.83. The topological polar surface area (TPSA) is 68.2 Å². The zero-order chi connectivity index (χ0) is 32.9. The zero-order valence-electron chi connectivity index (χ0n) is 28.4. The standard InChI is InChI=1S/C41H52O5/c1-6-10-12-14-34(9-4)46-37-20-22-39(41(43)27-37)33-24-31(30-15-17-35(44-5)18-16-30)23-32(25-33)38-21-19-36(26-40(38)42)45-28-29(8-3)13-11-7-2/h15-27,29,34,42-43H,6-14,28H2,1-5H3. The van der Waals surface area contributed by atoms with Gasteiger partial charge in [0.15, 0.2) is 0 Å². The van der Waals surface area contributed by atoms with Crippen LogP contribution in [-0.4, -0.2) is 30.0 Å². The largest absolute Gasteiger partial charge is 0.507 e. The van der Waals surface area contributed by atoms with Gasteiger partial charge >= 0.3 is 0 Å². The molecule has 0 aromatic heterocycles. The predicted octanol–water partition coefficient (Wildman–Crippen LogP) is 11.4. The van der Waals surface area contributed by atoms with Crippen molar-refractivity contribution in [1.29, 1.82) is 0 Å². The van der Waals surface area contributed by atoms with E-state index < -0.39 is 0 Å². The minimum absolute atomic E-state index is 0.126. The van der Waals surface area contributed by atoms with Gasteiger partial charge in [0.05, 0.1) is 19.8 Å². The van der Waals surface area contributed by atoms with Gasteiger partial charge in [-0.2, -0.15) is 0 Å². The Bertz CT molecular complexity index is 1510. The van der Waals surface area contributed by atoms with Crippen LogP contribution in [0.3, 0.4) is 0 Å². The summed E-state index contributed by atoms with van der Waals surface area (Å²) in [6.45, 7) is 9.40.